The lowest BCUT2D eigenvalue weighted by molar-refractivity contribution is 0.439. The fourth-order valence-electron chi connectivity index (χ4n) is 1.96. The lowest BCUT2D eigenvalue weighted by Crippen LogP contribution is -2.18. The molecule has 0 aliphatic rings. The quantitative estimate of drug-likeness (QED) is 0.684. The van der Waals surface area contributed by atoms with E-state index in [2.05, 4.69) is 35.1 Å². The van der Waals surface area contributed by atoms with E-state index in [1.165, 1.54) is 0 Å². The van der Waals surface area contributed by atoms with Crippen LogP contribution in [0, 0.1) is 0 Å². The minimum absolute atomic E-state index is 0.164. The molecule has 0 aliphatic carbocycles. The van der Waals surface area contributed by atoms with Crippen LogP contribution in [0.4, 0.5) is 0 Å². The second kappa shape index (κ2) is 6.99. The molecule has 1 unspecified atom stereocenters. The van der Waals surface area contributed by atoms with Crippen molar-refractivity contribution in [1.82, 2.24) is 5.32 Å². The van der Waals surface area contributed by atoms with Gasteiger partial charge in [0.25, 0.3) is 0 Å². The van der Waals surface area contributed by atoms with E-state index < -0.39 is 0 Å². The van der Waals surface area contributed by atoms with Crippen LogP contribution in [0.1, 0.15) is 32.1 Å². The minimum Gasteiger partial charge on any atom is -0.459 e. The molecule has 2 rings (SSSR count). The van der Waals surface area contributed by atoms with E-state index in [9.17, 15) is 0 Å². The molecule has 0 saturated carbocycles. The normalized spacial score (nSPS) is 12.7. The molecule has 0 bridgehead atoms. The fraction of sp³-hybridized carbons (Fsp3) is 0.333. The van der Waals surface area contributed by atoms with Crippen LogP contribution in [0.25, 0.3) is 11.3 Å². The summed E-state index contributed by atoms with van der Waals surface area (Å²) in [5, 5.41) is 4.52. The van der Waals surface area contributed by atoms with Gasteiger partial charge in [-0.2, -0.15) is 0 Å². The summed E-state index contributed by atoms with van der Waals surface area (Å²) in [6.45, 7) is 5.16. The Hall–Kier alpha value is -0.480. The highest BCUT2D eigenvalue weighted by atomic mass is 79.9. The first-order valence-corrected chi connectivity index (χ1v) is 8.05. The Bertz CT molecular complexity index is 574. The lowest BCUT2D eigenvalue weighted by Gasteiger charge is -2.10. The summed E-state index contributed by atoms with van der Waals surface area (Å²) in [4.78, 5) is 0. The molecule has 1 N–H and O–H groups in total. The van der Waals surface area contributed by atoms with E-state index in [1.54, 1.807) is 0 Å². The van der Waals surface area contributed by atoms with Crippen molar-refractivity contribution in [3.05, 3.63) is 44.5 Å². The van der Waals surface area contributed by atoms with Crippen molar-refractivity contribution in [2.45, 2.75) is 26.3 Å². The number of nitrogens with one attached hydrogen (secondary N) is 1. The number of hydrogen-bond acceptors (Lipinski definition) is 2. The Morgan fingerprint density at radius 3 is 2.50 bits per heavy atom. The Labute approximate surface area is 137 Å². The standard InChI is InChI=1S/C15H16BrCl2NO/c1-3-6-19-9(2)13-4-5-14(20-13)15-11(17)7-10(16)8-12(15)18/h4-5,7-9,19H,3,6H2,1-2H3. The molecular formula is C15H16BrCl2NO. The van der Waals surface area contributed by atoms with Gasteiger partial charge in [0.1, 0.15) is 11.5 Å². The van der Waals surface area contributed by atoms with Crippen LogP contribution in [-0.2, 0) is 0 Å². The van der Waals surface area contributed by atoms with Gasteiger partial charge in [0, 0.05) is 4.47 Å². The van der Waals surface area contributed by atoms with Gasteiger partial charge in [-0.15, -0.1) is 0 Å². The molecule has 0 fully saturated rings. The van der Waals surface area contributed by atoms with Gasteiger partial charge in [0.2, 0.25) is 0 Å². The molecule has 1 aromatic carbocycles. The van der Waals surface area contributed by atoms with Gasteiger partial charge in [-0.1, -0.05) is 46.1 Å². The van der Waals surface area contributed by atoms with Crippen LogP contribution in [-0.4, -0.2) is 6.54 Å². The van der Waals surface area contributed by atoms with Gasteiger partial charge in [0.05, 0.1) is 21.7 Å². The summed E-state index contributed by atoms with van der Waals surface area (Å²) >= 11 is 15.9. The molecule has 0 radical (unpaired) electrons. The highest BCUT2D eigenvalue weighted by molar-refractivity contribution is 9.10. The summed E-state index contributed by atoms with van der Waals surface area (Å²) in [6, 6.07) is 7.64. The first-order valence-electron chi connectivity index (χ1n) is 6.51. The lowest BCUT2D eigenvalue weighted by atomic mass is 10.2. The van der Waals surface area contributed by atoms with Gasteiger partial charge in [-0.3, -0.25) is 0 Å². The van der Waals surface area contributed by atoms with Crippen molar-refractivity contribution >= 4 is 39.1 Å². The monoisotopic (exact) mass is 375 g/mol. The zero-order valence-corrected chi connectivity index (χ0v) is 14.4. The molecule has 1 aromatic heterocycles. The Morgan fingerprint density at radius 1 is 1.25 bits per heavy atom. The molecule has 0 spiro atoms. The van der Waals surface area contributed by atoms with E-state index in [1.807, 2.05) is 24.3 Å². The van der Waals surface area contributed by atoms with E-state index in [0.717, 1.165) is 28.8 Å². The van der Waals surface area contributed by atoms with E-state index in [4.69, 9.17) is 27.6 Å². The Balaban J connectivity index is 2.29. The number of furan rings is 1. The van der Waals surface area contributed by atoms with Gasteiger partial charge in [-0.25, -0.2) is 0 Å². The van der Waals surface area contributed by atoms with Crippen LogP contribution in [0.3, 0.4) is 0 Å². The largest absolute Gasteiger partial charge is 0.459 e. The number of benzene rings is 1. The predicted octanol–water partition coefficient (Wildman–Crippen LogP) is 6.08. The first-order chi connectivity index (χ1) is 9.52. The van der Waals surface area contributed by atoms with Crippen LogP contribution < -0.4 is 5.32 Å². The van der Waals surface area contributed by atoms with Gasteiger partial charge < -0.3 is 9.73 Å². The summed E-state index contributed by atoms with van der Waals surface area (Å²) in [5.74, 6) is 1.57. The maximum absolute atomic E-state index is 6.25. The highest BCUT2D eigenvalue weighted by Crippen LogP contribution is 2.38. The summed E-state index contributed by atoms with van der Waals surface area (Å²) < 4.78 is 6.73. The SMILES string of the molecule is CCCNC(C)c1ccc(-c2c(Cl)cc(Br)cc2Cl)o1. The molecular weight excluding hydrogens is 361 g/mol. The second-order valence-corrected chi connectivity index (χ2v) is 6.35. The summed E-state index contributed by atoms with van der Waals surface area (Å²) in [7, 11) is 0. The van der Waals surface area contributed by atoms with E-state index >= 15 is 0 Å². The second-order valence-electron chi connectivity index (χ2n) is 4.62. The minimum atomic E-state index is 0.164. The Kier molecular flexibility index (Phi) is 5.56. The molecule has 2 nitrogen and oxygen atoms in total. The van der Waals surface area contributed by atoms with Gasteiger partial charge >= 0.3 is 0 Å². The molecule has 0 aliphatic heterocycles. The average molecular weight is 377 g/mol. The smallest absolute Gasteiger partial charge is 0.137 e. The number of halogens is 3. The van der Waals surface area contributed by atoms with Crippen molar-refractivity contribution in [3.63, 3.8) is 0 Å². The Morgan fingerprint density at radius 2 is 1.90 bits per heavy atom. The van der Waals surface area contributed by atoms with Gasteiger partial charge in [-0.05, 0) is 44.2 Å². The van der Waals surface area contributed by atoms with E-state index in [0.29, 0.717) is 15.8 Å². The molecule has 2 aromatic rings. The summed E-state index contributed by atoms with van der Waals surface area (Å²) in [6.07, 6.45) is 1.09. The maximum Gasteiger partial charge on any atom is 0.137 e. The topological polar surface area (TPSA) is 25.2 Å². The van der Waals surface area contributed by atoms with Crippen molar-refractivity contribution in [2.24, 2.45) is 0 Å². The fourth-order valence-corrected chi connectivity index (χ4v) is 3.35. The van der Waals surface area contributed by atoms with Crippen LogP contribution in [0.15, 0.2) is 33.2 Å². The average Bonchev–Trinajstić information content (AvgIpc) is 2.84. The third-order valence-corrected chi connectivity index (χ3v) is 4.06. The van der Waals surface area contributed by atoms with Crippen molar-refractivity contribution in [1.29, 1.82) is 0 Å². The van der Waals surface area contributed by atoms with Crippen LogP contribution >= 0.6 is 39.1 Å². The number of rotatable bonds is 5. The maximum atomic E-state index is 6.25. The van der Waals surface area contributed by atoms with Gasteiger partial charge in [0.15, 0.2) is 0 Å². The first kappa shape index (κ1) is 15.9. The molecule has 0 amide bonds. The number of hydrogen-bond donors (Lipinski definition) is 1. The molecule has 5 heteroatoms. The third kappa shape index (κ3) is 3.59. The van der Waals surface area contributed by atoms with Crippen molar-refractivity contribution < 1.29 is 4.42 Å². The zero-order valence-electron chi connectivity index (χ0n) is 11.3. The third-order valence-electron chi connectivity index (χ3n) is 3.01. The van der Waals surface area contributed by atoms with Crippen molar-refractivity contribution in [3.8, 4) is 11.3 Å². The van der Waals surface area contributed by atoms with Crippen LogP contribution in [0.2, 0.25) is 10.0 Å². The van der Waals surface area contributed by atoms with Crippen LogP contribution in [0.5, 0.6) is 0 Å². The van der Waals surface area contributed by atoms with E-state index in [-0.39, 0.29) is 6.04 Å². The van der Waals surface area contributed by atoms with Crippen molar-refractivity contribution in [2.75, 3.05) is 6.54 Å². The predicted molar refractivity (Wildman–Crippen MR) is 88.6 cm³/mol. The molecule has 20 heavy (non-hydrogen) atoms. The zero-order chi connectivity index (χ0) is 14.7. The molecule has 108 valence electrons. The summed E-state index contributed by atoms with van der Waals surface area (Å²) in [5.41, 5.74) is 0.727. The molecule has 0 saturated heterocycles. The molecule has 1 heterocycles. The highest BCUT2D eigenvalue weighted by Gasteiger charge is 2.16. The molecule has 1 atom stereocenters.